The van der Waals surface area contributed by atoms with Crippen molar-refractivity contribution in [2.75, 3.05) is 10.6 Å². The van der Waals surface area contributed by atoms with Crippen LogP contribution in [0.5, 0.6) is 0 Å². The average Bonchev–Trinajstić information content (AvgIpc) is 2.21. The van der Waals surface area contributed by atoms with Crippen LogP contribution >= 0.6 is 0 Å². The average molecular weight is 284 g/mol. The predicted molar refractivity (Wildman–Crippen MR) is 76.5 cm³/mol. The topological polar surface area (TPSA) is 80.5 Å². The van der Waals surface area contributed by atoms with Gasteiger partial charge in [-0.1, -0.05) is 13.0 Å². The summed E-state index contributed by atoms with van der Waals surface area (Å²) in [5.74, 6) is -0.646. The van der Waals surface area contributed by atoms with Crippen molar-refractivity contribution in [2.24, 2.45) is 5.73 Å². The molecule has 2 N–H and O–H groups in total. The van der Waals surface area contributed by atoms with Gasteiger partial charge < -0.3 is 5.73 Å². The molecule has 1 rings (SSSR count). The van der Waals surface area contributed by atoms with Gasteiger partial charge in [0.1, 0.15) is 6.04 Å². The molecule has 0 heterocycles. The number of nitrogens with zero attached hydrogens (tertiary/aromatic N) is 1. The summed E-state index contributed by atoms with van der Waals surface area (Å²) in [4.78, 5) is 11.5. The lowest BCUT2D eigenvalue weighted by Gasteiger charge is -2.29. The highest BCUT2D eigenvalue weighted by Crippen LogP contribution is 2.24. The van der Waals surface area contributed by atoms with Crippen LogP contribution in [0.2, 0.25) is 0 Å². The van der Waals surface area contributed by atoms with Gasteiger partial charge in [0, 0.05) is 0 Å². The Hall–Kier alpha value is -1.56. The quantitative estimate of drug-likeness (QED) is 0.885. The molecule has 0 aromatic heterocycles. The summed E-state index contributed by atoms with van der Waals surface area (Å²) >= 11 is 0. The van der Waals surface area contributed by atoms with Crippen molar-refractivity contribution in [1.29, 1.82) is 0 Å². The molecule has 0 radical (unpaired) electrons. The van der Waals surface area contributed by atoms with Gasteiger partial charge in [-0.25, -0.2) is 8.42 Å². The molecule has 0 fully saturated rings. The summed E-state index contributed by atoms with van der Waals surface area (Å²) in [5.41, 5.74) is 7.66. The first kappa shape index (κ1) is 15.5. The van der Waals surface area contributed by atoms with Crippen molar-refractivity contribution in [1.82, 2.24) is 0 Å². The molecule has 0 spiro atoms. The van der Waals surface area contributed by atoms with E-state index in [9.17, 15) is 13.2 Å². The maximum Gasteiger partial charge on any atom is 0.241 e. The number of amides is 1. The van der Waals surface area contributed by atoms with E-state index >= 15 is 0 Å². The van der Waals surface area contributed by atoms with E-state index in [1.807, 2.05) is 19.9 Å². The van der Waals surface area contributed by atoms with Crippen molar-refractivity contribution >= 4 is 21.6 Å². The molecule has 1 atom stereocenters. The van der Waals surface area contributed by atoms with Crippen molar-refractivity contribution in [2.45, 2.75) is 33.2 Å². The predicted octanol–water partition coefficient (Wildman–Crippen LogP) is 1.33. The van der Waals surface area contributed by atoms with Crippen LogP contribution in [-0.4, -0.2) is 26.6 Å². The molecule has 1 amide bonds. The number of anilines is 1. The molecule has 0 unspecified atom stereocenters. The van der Waals surface area contributed by atoms with Crippen molar-refractivity contribution in [3.05, 3.63) is 29.3 Å². The molecule has 106 valence electrons. The number of nitrogens with two attached hydrogens (primary N) is 1. The van der Waals surface area contributed by atoms with Crippen LogP contribution in [0.3, 0.4) is 0 Å². The molecular formula is C13H20N2O3S. The lowest BCUT2D eigenvalue weighted by molar-refractivity contribution is -0.119. The van der Waals surface area contributed by atoms with E-state index in [0.29, 0.717) is 12.1 Å². The number of carbonyl (C=O) groups is 1. The van der Waals surface area contributed by atoms with E-state index in [2.05, 4.69) is 0 Å². The summed E-state index contributed by atoms with van der Waals surface area (Å²) in [7, 11) is -3.58. The maximum atomic E-state index is 12.0. The molecule has 1 aromatic rings. The summed E-state index contributed by atoms with van der Waals surface area (Å²) in [6, 6.07) is 4.55. The van der Waals surface area contributed by atoms with E-state index in [-0.39, 0.29) is 0 Å². The Kier molecular flexibility index (Phi) is 4.57. The Labute approximate surface area is 114 Å². The third-order valence-electron chi connectivity index (χ3n) is 2.82. The SMILES string of the molecule is CC[C@H](C(N)=O)N(c1cc(C)cc(C)c1)S(C)(=O)=O. The minimum atomic E-state index is -3.58. The van der Waals surface area contributed by atoms with E-state index in [0.717, 1.165) is 21.7 Å². The van der Waals surface area contributed by atoms with Gasteiger partial charge in [-0.3, -0.25) is 9.10 Å². The van der Waals surface area contributed by atoms with Crippen LogP contribution in [0.1, 0.15) is 24.5 Å². The van der Waals surface area contributed by atoms with Gasteiger partial charge in [0.2, 0.25) is 15.9 Å². The highest BCUT2D eigenvalue weighted by molar-refractivity contribution is 7.92. The van der Waals surface area contributed by atoms with E-state index < -0.39 is 22.0 Å². The van der Waals surface area contributed by atoms with Crippen LogP contribution < -0.4 is 10.0 Å². The maximum absolute atomic E-state index is 12.0. The third kappa shape index (κ3) is 3.70. The van der Waals surface area contributed by atoms with Gasteiger partial charge in [-0.05, 0) is 43.5 Å². The molecule has 0 aliphatic rings. The monoisotopic (exact) mass is 284 g/mol. The molecule has 0 aliphatic heterocycles. The number of hydrogen-bond donors (Lipinski definition) is 1. The Bertz CT molecular complexity index is 561. The Balaban J connectivity index is 3.44. The van der Waals surface area contributed by atoms with Crippen molar-refractivity contribution < 1.29 is 13.2 Å². The van der Waals surface area contributed by atoms with Gasteiger partial charge in [0.05, 0.1) is 11.9 Å². The van der Waals surface area contributed by atoms with Crippen LogP contribution in [0.25, 0.3) is 0 Å². The van der Waals surface area contributed by atoms with Gasteiger partial charge in [0.25, 0.3) is 0 Å². The Morgan fingerprint density at radius 3 is 2.05 bits per heavy atom. The highest BCUT2D eigenvalue weighted by atomic mass is 32.2. The first-order chi connectivity index (χ1) is 8.66. The molecule has 0 bridgehead atoms. The molecule has 0 saturated carbocycles. The lowest BCUT2D eigenvalue weighted by Crippen LogP contribution is -2.47. The second-order valence-corrected chi connectivity index (χ2v) is 6.59. The highest BCUT2D eigenvalue weighted by Gasteiger charge is 2.30. The fourth-order valence-corrected chi connectivity index (χ4v) is 3.37. The van der Waals surface area contributed by atoms with Crippen LogP contribution in [0.4, 0.5) is 5.69 Å². The molecule has 6 heteroatoms. The standard InChI is InChI=1S/C13H20N2O3S/c1-5-12(13(14)16)15(19(4,17)18)11-7-9(2)6-10(3)8-11/h6-8,12H,5H2,1-4H3,(H2,14,16)/t12-/m1/s1. The Morgan fingerprint density at radius 2 is 1.74 bits per heavy atom. The second-order valence-electron chi connectivity index (χ2n) is 4.73. The smallest absolute Gasteiger partial charge is 0.241 e. The van der Waals surface area contributed by atoms with Crippen LogP contribution in [0.15, 0.2) is 18.2 Å². The first-order valence-corrected chi connectivity index (χ1v) is 7.88. The van der Waals surface area contributed by atoms with Crippen molar-refractivity contribution in [3.63, 3.8) is 0 Å². The van der Waals surface area contributed by atoms with Gasteiger partial charge in [0.15, 0.2) is 0 Å². The molecule has 19 heavy (non-hydrogen) atoms. The zero-order chi connectivity index (χ0) is 14.8. The Morgan fingerprint density at radius 1 is 1.26 bits per heavy atom. The van der Waals surface area contributed by atoms with Crippen LogP contribution in [0, 0.1) is 13.8 Å². The van der Waals surface area contributed by atoms with E-state index in [1.54, 1.807) is 19.1 Å². The summed E-state index contributed by atoms with van der Waals surface area (Å²) in [6.07, 6.45) is 1.41. The molecule has 5 nitrogen and oxygen atoms in total. The number of carbonyl (C=O) groups excluding carboxylic acids is 1. The number of sulfonamides is 1. The van der Waals surface area contributed by atoms with Gasteiger partial charge >= 0.3 is 0 Å². The lowest BCUT2D eigenvalue weighted by atomic mass is 10.1. The van der Waals surface area contributed by atoms with E-state index in [1.165, 1.54) is 0 Å². The zero-order valence-electron chi connectivity index (χ0n) is 11.7. The molecule has 0 saturated heterocycles. The zero-order valence-corrected chi connectivity index (χ0v) is 12.5. The number of aryl methyl sites for hydroxylation is 2. The fourth-order valence-electron chi connectivity index (χ4n) is 2.16. The summed E-state index contributed by atoms with van der Waals surface area (Å²) in [5, 5.41) is 0. The van der Waals surface area contributed by atoms with E-state index in [4.69, 9.17) is 5.73 Å². The largest absolute Gasteiger partial charge is 0.368 e. The molecular weight excluding hydrogens is 264 g/mol. The minimum Gasteiger partial charge on any atom is -0.368 e. The normalized spacial score (nSPS) is 13.1. The number of benzene rings is 1. The summed E-state index contributed by atoms with van der Waals surface area (Å²) in [6.45, 7) is 5.49. The third-order valence-corrected chi connectivity index (χ3v) is 4.00. The number of hydrogen-bond acceptors (Lipinski definition) is 3. The fraction of sp³-hybridized carbons (Fsp3) is 0.462. The molecule has 0 aliphatic carbocycles. The number of rotatable bonds is 5. The van der Waals surface area contributed by atoms with Gasteiger partial charge in [-0.2, -0.15) is 0 Å². The first-order valence-electron chi connectivity index (χ1n) is 6.03. The minimum absolute atomic E-state index is 0.329. The second kappa shape index (κ2) is 5.61. The molecule has 1 aromatic carbocycles. The summed E-state index contributed by atoms with van der Waals surface area (Å²) < 4.78 is 25.1. The van der Waals surface area contributed by atoms with Crippen LogP contribution in [-0.2, 0) is 14.8 Å². The van der Waals surface area contributed by atoms with Gasteiger partial charge in [-0.15, -0.1) is 0 Å². The van der Waals surface area contributed by atoms with Crippen molar-refractivity contribution in [3.8, 4) is 0 Å². The number of primary amides is 1.